The lowest BCUT2D eigenvalue weighted by atomic mass is 10.0. The summed E-state index contributed by atoms with van der Waals surface area (Å²) in [5.74, 6) is 0.881. The van der Waals surface area contributed by atoms with Crippen LogP contribution in [0.1, 0.15) is 40.0 Å². The predicted octanol–water partition coefficient (Wildman–Crippen LogP) is 2.08. The second-order valence-electron chi connectivity index (χ2n) is 7.75. The fraction of sp³-hybridized carbons (Fsp3) is 0.273. The van der Waals surface area contributed by atoms with Crippen molar-refractivity contribution in [3.05, 3.63) is 53.1 Å². The van der Waals surface area contributed by atoms with Crippen molar-refractivity contribution >= 4 is 29.3 Å². The van der Waals surface area contributed by atoms with Gasteiger partial charge in [-0.05, 0) is 42.2 Å². The van der Waals surface area contributed by atoms with Gasteiger partial charge < -0.3 is 10.6 Å². The Kier molecular flexibility index (Phi) is 4.58. The van der Waals surface area contributed by atoms with Gasteiger partial charge in [-0.25, -0.2) is 15.0 Å². The zero-order chi connectivity index (χ0) is 21.5. The van der Waals surface area contributed by atoms with Gasteiger partial charge in [0.25, 0.3) is 5.91 Å². The number of pyridine rings is 2. The number of carbonyl (C=O) groups excluding carboxylic acids is 2. The smallest absolute Gasteiger partial charge is 0.253 e. The van der Waals surface area contributed by atoms with E-state index in [1.54, 1.807) is 25.1 Å². The zero-order valence-electron chi connectivity index (χ0n) is 17.2. The molecule has 1 fully saturated rings. The molecule has 3 aromatic rings. The first-order valence-corrected chi connectivity index (χ1v) is 10.1. The van der Waals surface area contributed by atoms with Gasteiger partial charge in [-0.2, -0.15) is 0 Å². The average molecular weight is 415 g/mol. The van der Waals surface area contributed by atoms with Crippen molar-refractivity contribution in [2.24, 2.45) is 13.0 Å². The first-order valence-electron chi connectivity index (χ1n) is 10.1. The van der Waals surface area contributed by atoms with E-state index in [-0.39, 0.29) is 17.7 Å². The fourth-order valence-electron chi connectivity index (χ4n) is 3.67. The van der Waals surface area contributed by atoms with Gasteiger partial charge in [0.15, 0.2) is 5.82 Å². The number of nitrogens with one attached hydrogen (secondary N) is 2. The SMILES string of the molecule is CNC(=O)c1cnc(NC(=O)C2CC2)c2c1C=C(c1cccc(-c3ncn(C)n3)n1)C2. The summed E-state index contributed by atoms with van der Waals surface area (Å²) in [6.07, 6.45) is 7.43. The maximum Gasteiger partial charge on any atom is 0.253 e. The molecule has 9 nitrogen and oxygen atoms in total. The molecule has 0 spiro atoms. The van der Waals surface area contributed by atoms with Gasteiger partial charge in [0, 0.05) is 38.2 Å². The maximum absolute atomic E-state index is 12.4. The number of hydrogen-bond donors (Lipinski definition) is 2. The minimum absolute atomic E-state index is 0.0165. The summed E-state index contributed by atoms with van der Waals surface area (Å²) in [5.41, 5.74) is 4.43. The van der Waals surface area contributed by atoms with Gasteiger partial charge in [0.1, 0.15) is 17.8 Å². The minimum Gasteiger partial charge on any atom is -0.355 e. The molecule has 9 heteroatoms. The molecule has 3 aromatic heterocycles. The van der Waals surface area contributed by atoms with Crippen LogP contribution in [0.4, 0.5) is 5.82 Å². The van der Waals surface area contributed by atoms with Gasteiger partial charge in [0.05, 0.1) is 11.3 Å². The Balaban J connectivity index is 1.52. The minimum atomic E-state index is -0.222. The highest BCUT2D eigenvalue weighted by Crippen LogP contribution is 2.38. The summed E-state index contributed by atoms with van der Waals surface area (Å²) in [6.45, 7) is 0. The third-order valence-corrected chi connectivity index (χ3v) is 5.48. The third-order valence-electron chi connectivity index (χ3n) is 5.48. The molecule has 2 N–H and O–H groups in total. The van der Waals surface area contributed by atoms with Crippen LogP contribution in [0.2, 0.25) is 0 Å². The number of anilines is 1. The Morgan fingerprint density at radius 1 is 1.16 bits per heavy atom. The van der Waals surface area contributed by atoms with E-state index < -0.39 is 0 Å². The summed E-state index contributed by atoms with van der Waals surface area (Å²) in [5, 5.41) is 9.92. The van der Waals surface area contributed by atoms with Gasteiger partial charge in [-0.15, -0.1) is 5.10 Å². The molecule has 3 heterocycles. The van der Waals surface area contributed by atoms with E-state index >= 15 is 0 Å². The number of carbonyl (C=O) groups is 2. The number of hydrogen-bond acceptors (Lipinski definition) is 6. The lowest BCUT2D eigenvalue weighted by Crippen LogP contribution is -2.21. The van der Waals surface area contributed by atoms with Crippen molar-refractivity contribution in [2.75, 3.05) is 12.4 Å². The second kappa shape index (κ2) is 7.42. The summed E-state index contributed by atoms with van der Waals surface area (Å²) in [7, 11) is 3.39. The van der Waals surface area contributed by atoms with Gasteiger partial charge in [-0.1, -0.05) is 6.07 Å². The largest absolute Gasteiger partial charge is 0.355 e. The molecule has 0 radical (unpaired) electrons. The highest BCUT2D eigenvalue weighted by Gasteiger charge is 2.32. The van der Waals surface area contributed by atoms with Crippen LogP contribution in [0.5, 0.6) is 0 Å². The van der Waals surface area contributed by atoms with Crippen molar-refractivity contribution in [3.8, 4) is 11.5 Å². The van der Waals surface area contributed by atoms with E-state index in [1.807, 2.05) is 24.3 Å². The van der Waals surface area contributed by atoms with E-state index in [0.717, 1.165) is 35.2 Å². The first-order chi connectivity index (χ1) is 15.0. The molecule has 0 atom stereocenters. The maximum atomic E-state index is 12.4. The molecule has 1 saturated carbocycles. The Hall–Kier alpha value is -3.88. The molecule has 0 unspecified atom stereocenters. The lowest BCUT2D eigenvalue weighted by Gasteiger charge is -2.12. The summed E-state index contributed by atoms with van der Waals surface area (Å²) in [4.78, 5) is 38.1. The van der Waals surface area contributed by atoms with E-state index in [2.05, 4.69) is 25.7 Å². The molecule has 0 bridgehead atoms. The van der Waals surface area contributed by atoms with Crippen molar-refractivity contribution in [2.45, 2.75) is 19.3 Å². The Bertz CT molecular complexity index is 1240. The van der Waals surface area contributed by atoms with E-state index in [9.17, 15) is 9.59 Å². The van der Waals surface area contributed by atoms with Crippen LogP contribution in [0, 0.1) is 5.92 Å². The Morgan fingerprint density at radius 3 is 2.68 bits per heavy atom. The number of amides is 2. The molecule has 0 saturated heterocycles. The number of aryl methyl sites for hydroxylation is 1. The summed E-state index contributed by atoms with van der Waals surface area (Å²) in [6, 6.07) is 5.69. The van der Waals surface area contributed by atoms with E-state index in [1.165, 1.54) is 6.20 Å². The monoisotopic (exact) mass is 415 g/mol. The van der Waals surface area contributed by atoms with Crippen molar-refractivity contribution in [3.63, 3.8) is 0 Å². The van der Waals surface area contributed by atoms with Crippen LogP contribution >= 0.6 is 0 Å². The summed E-state index contributed by atoms with van der Waals surface area (Å²) < 4.78 is 1.63. The van der Waals surface area contributed by atoms with Crippen LogP contribution in [-0.4, -0.2) is 43.6 Å². The quantitative estimate of drug-likeness (QED) is 0.659. The number of rotatable bonds is 5. The molecule has 156 valence electrons. The van der Waals surface area contributed by atoms with Crippen LogP contribution < -0.4 is 10.6 Å². The molecule has 2 aliphatic carbocycles. The topological polar surface area (TPSA) is 115 Å². The van der Waals surface area contributed by atoms with Crippen molar-refractivity contribution < 1.29 is 9.59 Å². The molecular formula is C22H21N7O2. The number of aromatic nitrogens is 5. The van der Waals surface area contributed by atoms with Gasteiger partial charge in [-0.3, -0.25) is 14.3 Å². The van der Waals surface area contributed by atoms with E-state index in [0.29, 0.717) is 29.3 Å². The molecule has 2 aliphatic rings. The highest BCUT2D eigenvalue weighted by molar-refractivity contribution is 6.04. The van der Waals surface area contributed by atoms with Gasteiger partial charge >= 0.3 is 0 Å². The zero-order valence-corrected chi connectivity index (χ0v) is 17.2. The Labute approximate surface area is 178 Å². The lowest BCUT2D eigenvalue weighted by molar-refractivity contribution is -0.117. The second-order valence-corrected chi connectivity index (χ2v) is 7.75. The molecule has 31 heavy (non-hydrogen) atoms. The number of nitrogens with zero attached hydrogens (tertiary/aromatic N) is 5. The number of fused-ring (bicyclic) bond motifs is 1. The molecule has 5 rings (SSSR count). The van der Waals surface area contributed by atoms with Crippen LogP contribution in [0.3, 0.4) is 0 Å². The standard InChI is InChI=1S/C22H21N7O2/c1-23-22(31)16-10-24-19(27-21(30)12-6-7-12)15-9-13(8-14(15)16)17-4-3-5-18(26-17)20-25-11-29(2)28-20/h3-5,8,10-12H,6-7,9H2,1-2H3,(H,23,31)(H,24,27,30). The fourth-order valence-corrected chi connectivity index (χ4v) is 3.67. The molecule has 0 aromatic carbocycles. The molecular weight excluding hydrogens is 394 g/mol. The first kappa shape index (κ1) is 19.1. The third kappa shape index (κ3) is 3.58. The highest BCUT2D eigenvalue weighted by atomic mass is 16.2. The van der Waals surface area contributed by atoms with Crippen LogP contribution in [0.15, 0.2) is 30.7 Å². The van der Waals surface area contributed by atoms with Crippen LogP contribution in [-0.2, 0) is 18.3 Å². The number of allylic oxidation sites excluding steroid dienone is 1. The Morgan fingerprint density at radius 2 is 1.97 bits per heavy atom. The normalized spacial score (nSPS) is 14.7. The molecule has 2 amide bonds. The van der Waals surface area contributed by atoms with E-state index in [4.69, 9.17) is 4.98 Å². The summed E-state index contributed by atoms with van der Waals surface area (Å²) >= 11 is 0. The molecule has 0 aliphatic heterocycles. The van der Waals surface area contributed by atoms with Crippen molar-refractivity contribution in [1.29, 1.82) is 0 Å². The van der Waals surface area contributed by atoms with Gasteiger partial charge in [0.2, 0.25) is 5.91 Å². The average Bonchev–Trinajstić information content (AvgIpc) is 3.39. The predicted molar refractivity (Wildman–Crippen MR) is 115 cm³/mol. The van der Waals surface area contributed by atoms with Crippen molar-refractivity contribution in [1.82, 2.24) is 30.0 Å². The van der Waals surface area contributed by atoms with Crippen LogP contribution in [0.25, 0.3) is 23.2 Å².